The van der Waals surface area contributed by atoms with Crippen LogP contribution in [0.15, 0.2) is 16.9 Å². The predicted octanol–water partition coefficient (Wildman–Crippen LogP) is 0.692. The molecule has 122 valence electrons. The van der Waals surface area contributed by atoms with E-state index in [4.69, 9.17) is 14.0 Å². The summed E-state index contributed by atoms with van der Waals surface area (Å²) in [5.41, 5.74) is 0.360. The molecular weight excluding hydrogens is 302 g/mol. The lowest BCUT2D eigenvalue weighted by molar-refractivity contribution is 0.0835. The van der Waals surface area contributed by atoms with Gasteiger partial charge >= 0.3 is 6.01 Å². The zero-order valence-corrected chi connectivity index (χ0v) is 12.7. The second kappa shape index (κ2) is 7.14. The normalized spacial score (nSPS) is 17.2. The molecule has 9 heteroatoms. The number of hydrogen-bond donors (Lipinski definition) is 1. The Labute approximate surface area is 132 Å². The second-order valence-corrected chi connectivity index (χ2v) is 5.01. The maximum absolute atomic E-state index is 11.9. The van der Waals surface area contributed by atoms with Crippen molar-refractivity contribution >= 4 is 5.91 Å². The SMILES string of the molecule is COc1ncc(C(=O)NCCc2noc(C3CCCO3)n2)cn1. The van der Waals surface area contributed by atoms with Crippen molar-refractivity contribution in [1.29, 1.82) is 0 Å². The summed E-state index contributed by atoms with van der Waals surface area (Å²) in [4.78, 5) is 24.0. The number of nitrogens with one attached hydrogen (secondary N) is 1. The van der Waals surface area contributed by atoms with Gasteiger partial charge in [0.2, 0.25) is 0 Å². The zero-order chi connectivity index (χ0) is 16.1. The molecule has 2 aromatic heterocycles. The first-order valence-electron chi connectivity index (χ1n) is 7.34. The minimum atomic E-state index is -0.268. The third kappa shape index (κ3) is 3.81. The topological polar surface area (TPSA) is 112 Å². The lowest BCUT2D eigenvalue weighted by atomic mass is 10.2. The van der Waals surface area contributed by atoms with Crippen LogP contribution in [-0.4, -0.2) is 46.3 Å². The number of rotatable bonds is 6. The third-order valence-electron chi connectivity index (χ3n) is 3.40. The molecule has 2 aromatic rings. The second-order valence-electron chi connectivity index (χ2n) is 5.01. The predicted molar refractivity (Wildman–Crippen MR) is 76.8 cm³/mol. The van der Waals surface area contributed by atoms with Crippen molar-refractivity contribution in [3.05, 3.63) is 29.7 Å². The lowest BCUT2D eigenvalue weighted by Gasteiger charge is -2.03. The molecule has 0 aliphatic carbocycles. The molecule has 1 aliphatic rings. The quantitative estimate of drug-likeness (QED) is 0.827. The summed E-state index contributed by atoms with van der Waals surface area (Å²) < 4.78 is 15.5. The van der Waals surface area contributed by atoms with Gasteiger partial charge in [-0.1, -0.05) is 5.16 Å². The summed E-state index contributed by atoms with van der Waals surface area (Å²) >= 11 is 0. The van der Waals surface area contributed by atoms with Crippen molar-refractivity contribution in [2.24, 2.45) is 0 Å². The van der Waals surface area contributed by atoms with Crippen molar-refractivity contribution in [1.82, 2.24) is 25.4 Å². The number of nitrogens with zero attached hydrogens (tertiary/aromatic N) is 4. The van der Waals surface area contributed by atoms with Crippen molar-refractivity contribution in [2.45, 2.75) is 25.4 Å². The molecule has 9 nitrogen and oxygen atoms in total. The summed E-state index contributed by atoms with van der Waals surface area (Å²) in [6.45, 7) is 1.11. The number of hydrogen-bond acceptors (Lipinski definition) is 8. The van der Waals surface area contributed by atoms with Gasteiger partial charge in [0, 0.05) is 32.0 Å². The van der Waals surface area contributed by atoms with Crippen LogP contribution in [0.25, 0.3) is 0 Å². The Morgan fingerprint density at radius 3 is 2.96 bits per heavy atom. The molecule has 0 spiro atoms. The Morgan fingerprint density at radius 1 is 1.43 bits per heavy atom. The Kier molecular flexibility index (Phi) is 4.77. The molecule has 1 unspecified atom stereocenters. The van der Waals surface area contributed by atoms with Crippen LogP contribution in [0.2, 0.25) is 0 Å². The largest absolute Gasteiger partial charge is 0.467 e. The van der Waals surface area contributed by atoms with Crippen LogP contribution in [0.4, 0.5) is 0 Å². The Morgan fingerprint density at radius 2 is 2.26 bits per heavy atom. The van der Waals surface area contributed by atoms with Crippen molar-refractivity contribution in [2.75, 3.05) is 20.3 Å². The molecule has 1 atom stereocenters. The van der Waals surface area contributed by atoms with Gasteiger partial charge in [0.1, 0.15) is 6.10 Å². The average molecular weight is 319 g/mol. The van der Waals surface area contributed by atoms with E-state index in [0.717, 1.165) is 19.4 Å². The molecule has 1 amide bonds. The molecule has 3 heterocycles. The number of carbonyl (C=O) groups is 1. The van der Waals surface area contributed by atoms with Gasteiger partial charge in [-0.25, -0.2) is 9.97 Å². The highest BCUT2D eigenvalue weighted by atomic mass is 16.5. The molecule has 0 radical (unpaired) electrons. The lowest BCUT2D eigenvalue weighted by Crippen LogP contribution is -2.26. The van der Waals surface area contributed by atoms with Crippen LogP contribution in [-0.2, 0) is 11.2 Å². The van der Waals surface area contributed by atoms with Gasteiger partial charge in [0.05, 0.1) is 12.7 Å². The zero-order valence-electron chi connectivity index (χ0n) is 12.7. The van der Waals surface area contributed by atoms with Gasteiger partial charge in [0.25, 0.3) is 11.8 Å². The number of amides is 1. The van der Waals surface area contributed by atoms with E-state index in [1.165, 1.54) is 19.5 Å². The molecule has 0 bridgehead atoms. The van der Waals surface area contributed by atoms with Crippen LogP contribution in [0.3, 0.4) is 0 Å². The van der Waals surface area contributed by atoms with Gasteiger partial charge in [-0.2, -0.15) is 4.98 Å². The van der Waals surface area contributed by atoms with Crippen LogP contribution in [0.1, 0.15) is 41.0 Å². The number of methoxy groups -OCH3 is 1. The fourth-order valence-corrected chi connectivity index (χ4v) is 2.20. The smallest absolute Gasteiger partial charge is 0.316 e. The Bertz CT molecular complexity index is 651. The maximum Gasteiger partial charge on any atom is 0.316 e. The fraction of sp³-hybridized carbons (Fsp3) is 0.500. The van der Waals surface area contributed by atoms with E-state index in [1.54, 1.807) is 0 Å². The molecule has 1 saturated heterocycles. The number of ether oxygens (including phenoxy) is 2. The molecule has 1 fully saturated rings. The summed E-state index contributed by atoms with van der Waals surface area (Å²) in [5, 5.41) is 6.65. The molecule has 3 rings (SSSR count). The molecule has 0 aromatic carbocycles. The summed E-state index contributed by atoms with van der Waals surface area (Å²) in [5.74, 6) is 0.782. The van der Waals surface area contributed by atoms with Gasteiger partial charge in [-0.15, -0.1) is 0 Å². The molecule has 0 saturated carbocycles. The Hall–Kier alpha value is -2.55. The monoisotopic (exact) mass is 319 g/mol. The van der Waals surface area contributed by atoms with Crippen LogP contribution in [0, 0.1) is 0 Å². The van der Waals surface area contributed by atoms with Crippen LogP contribution in [0.5, 0.6) is 6.01 Å². The summed E-state index contributed by atoms with van der Waals surface area (Å²) in [7, 11) is 1.46. The number of aromatic nitrogens is 4. The summed E-state index contributed by atoms with van der Waals surface area (Å²) in [6, 6.07) is 0.218. The van der Waals surface area contributed by atoms with Crippen molar-refractivity contribution in [3.8, 4) is 6.01 Å². The van der Waals surface area contributed by atoms with E-state index < -0.39 is 0 Å². The third-order valence-corrected chi connectivity index (χ3v) is 3.40. The fourth-order valence-electron chi connectivity index (χ4n) is 2.20. The van der Waals surface area contributed by atoms with Gasteiger partial charge in [-0.3, -0.25) is 4.79 Å². The molecule has 1 aliphatic heterocycles. The van der Waals surface area contributed by atoms with Crippen LogP contribution >= 0.6 is 0 Å². The molecular formula is C14H17N5O4. The highest BCUT2D eigenvalue weighted by Crippen LogP contribution is 2.26. The van der Waals surface area contributed by atoms with E-state index in [0.29, 0.717) is 30.2 Å². The van der Waals surface area contributed by atoms with Gasteiger partial charge in [-0.05, 0) is 12.8 Å². The maximum atomic E-state index is 11.9. The standard InChI is InChI=1S/C14H17N5O4/c1-21-14-16-7-9(8-17-14)12(20)15-5-4-11-18-13(23-19-11)10-3-2-6-22-10/h7-8,10H,2-6H2,1H3,(H,15,20). The minimum Gasteiger partial charge on any atom is -0.467 e. The minimum absolute atomic E-state index is 0.0951. The average Bonchev–Trinajstić information content (AvgIpc) is 3.26. The van der Waals surface area contributed by atoms with E-state index in [1.807, 2.05) is 0 Å². The Balaban J connectivity index is 1.47. The van der Waals surface area contributed by atoms with E-state index in [2.05, 4.69) is 25.4 Å². The van der Waals surface area contributed by atoms with Crippen molar-refractivity contribution < 1.29 is 18.8 Å². The first-order valence-corrected chi connectivity index (χ1v) is 7.34. The first-order chi connectivity index (χ1) is 11.3. The van der Waals surface area contributed by atoms with Gasteiger partial charge < -0.3 is 19.3 Å². The highest BCUT2D eigenvalue weighted by Gasteiger charge is 2.23. The van der Waals surface area contributed by atoms with E-state index in [-0.39, 0.29) is 18.0 Å². The van der Waals surface area contributed by atoms with Gasteiger partial charge in [0.15, 0.2) is 5.82 Å². The molecule has 1 N–H and O–H groups in total. The molecule has 23 heavy (non-hydrogen) atoms. The number of carbonyl (C=O) groups excluding carboxylic acids is 1. The first kappa shape index (κ1) is 15.3. The van der Waals surface area contributed by atoms with Crippen molar-refractivity contribution in [3.63, 3.8) is 0 Å². The van der Waals surface area contributed by atoms with Crippen LogP contribution < -0.4 is 10.1 Å². The van der Waals surface area contributed by atoms with E-state index >= 15 is 0 Å². The highest BCUT2D eigenvalue weighted by molar-refractivity contribution is 5.93. The summed E-state index contributed by atoms with van der Waals surface area (Å²) in [6.07, 6.45) is 5.09. The van der Waals surface area contributed by atoms with E-state index in [9.17, 15) is 4.79 Å².